The van der Waals surface area contributed by atoms with Crippen LogP contribution in [0.15, 0.2) is 42.5 Å². The van der Waals surface area contributed by atoms with Crippen LogP contribution in [-0.2, 0) is 4.79 Å². The minimum absolute atomic E-state index is 0.195. The van der Waals surface area contributed by atoms with Gasteiger partial charge in [0.15, 0.2) is 23.0 Å². The maximum Gasteiger partial charge on any atom is 0.269 e. The Bertz CT molecular complexity index is 760. The number of hydrogen-bond donors (Lipinski definition) is 1. The topological polar surface area (TPSA) is 66.0 Å². The Kier molecular flexibility index (Phi) is 3.22. The number of fused-ring (bicyclic) bond motifs is 2. The summed E-state index contributed by atoms with van der Waals surface area (Å²) in [7, 11) is 0. The molecule has 118 valence electrons. The molecule has 2 aliphatic rings. The summed E-state index contributed by atoms with van der Waals surface area (Å²) in [5, 5.41) is 2.82. The van der Waals surface area contributed by atoms with Crippen molar-refractivity contribution in [2.75, 3.05) is 12.1 Å². The molecule has 6 heteroatoms. The molecule has 2 aliphatic heterocycles. The van der Waals surface area contributed by atoms with E-state index in [4.69, 9.17) is 18.9 Å². The minimum Gasteiger partial charge on any atom is -0.482 e. The van der Waals surface area contributed by atoms with Gasteiger partial charge in [-0.2, -0.15) is 0 Å². The highest BCUT2D eigenvalue weighted by molar-refractivity contribution is 5.95. The third kappa shape index (κ3) is 2.52. The summed E-state index contributed by atoms with van der Waals surface area (Å²) in [5.74, 6) is 2.22. The lowest BCUT2D eigenvalue weighted by molar-refractivity contribution is -0.128. The highest BCUT2D eigenvalue weighted by Gasteiger charge is 2.34. The van der Waals surface area contributed by atoms with E-state index in [-0.39, 0.29) is 18.8 Å². The third-order valence-electron chi connectivity index (χ3n) is 3.74. The molecule has 6 nitrogen and oxygen atoms in total. The predicted octanol–water partition coefficient (Wildman–Crippen LogP) is 2.58. The molecular weight excluding hydrogens is 298 g/mol. The molecule has 4 rings (SSSR count). The number of carbonyl (C=O) groups excluding carboxylic acids is 1. The van der Waals surface area contributed by atoms with Crippen molar-refractivity contribution in [3.05, 3.63) is 42.5 Å². The van der Waals surface area contributed by atoms with Crippen molar-refractivity contribution in [1.82, 2.24) is 0 Å². The van der Waals surface area contributed by atoms with Crippen LogP contribution in [0.5, 0.6) is 23.0 Å². The van der Waals surface area contributed by atoms with Gasteiger partial charge in [0.2, 0.25) is 12.9 Å². The zero-order chi connectivity index (χ0) is 15.8. The second-order valence-corrected chi connectivity index (χ2v) is 5.37. The number of amides is 1. The lowest BCUT2D eigenvalue weighted by Gasteiger charge is -2.31. The summed E-state index contributed by atoms with van der Waals surface area (Å²) in [5.41, 5.74) is 0.619. The van der Waals surface area contributed by atoms with Gasteiger partial charge in [-0.1, -0.05) is 12.1 Å². The van der Waals surface area contributed by atoms with Gasteiger partial charge >= 0.3 is 0 Å². The molecule has 0 saturated heterocycles. The predicted molar refractivity (Wildman–Crippen MR) is 82.1 cm³/mol. The number of benzene rings is 2. The van der Waals surface area contributed by atoms with E-state index < -0.39 is 6.10 Å². The van der Waals surface area contributed by atoms with Gasteiger partial charge in [-0.25, -0.2) is 0 Å². The van der Waals surface area contributed by atoms with Crippen LogP contribution in [-0.4, -0.2) is 24.9 Å². The molecule has 2 aromatic carbocycles. The number of para-hydroxylation sites is 2. The molecule has 23 heavy (non-hydrogen) atoms. The number of nitrogens with one attached hydrogen (secondary N) is 1. The molecule has 2 heterocycles. The summed E-state index contributed by atoms with van der Waals surface area (Å²) >= 11 is 0. The van der Waals surface area contributed by atoms with Gasteiger partial charge in [0.25, 0.3) is 5.91 Å². The summed E-state index contributed by atoms with van der Waals surface area (Å²) in [6.07, 6.45) is -1.12. The number of anilines is 1. The van der Waals surface area contributed by atoms with Crippen molar-refractivity contribution in [3.63, 3.8) is 0 Å². The minimum atomic E-state index is -0.727. The molecule has 0 spiro atoms. The molecule has 2 atom stereocenters. The molecule has 1 N–H and O–H groups in total. The van der Waals surface area contributed by atoms with Gasteiger partial charge in [0.05, 0.1) is 0 Å². The van der Waals surface area contributed by atoms with E-state index in [9.17, 15) is 4.79 Å². The highest BCUT2D eigenvalue weighted by atomic mass is 16.7. The summed E-state index contributed by atoms with van der Waals surface area (Å²) in [6.45, 7) is 2.00. The first-order valence-electron chi connectivity index (χ1n) is 7.33. The standard InChI is InChI=1S/C17H15NO5/c1-10-16(23-14-5-3-2-4-13(14)22-10)17(19)18-11-6-7-12-15(8-11)21-9-20-12/h2-8,10,16H,9H2,1H3,(H,18,19)/t10-,16-/m1/s1. The third-order valence-corrected chi connectivity index (χ3v) is 3.74. The van der Waals surface area contributed by atoms with Gasteiger partial charge in [-0.05, 0) is 31.2 Å². The molecule has 0 radical (unpaired) electrons. The van der Waals surface area contributed by atoms with Crippen molar-refractivity contribution < 1.29 is 23.7 Å². The van der Waals surface area contributed by atoms with Crippen molar-refractivity contribution in [2.45, 2.75) is 19.1 Å². The molecule has 0 unspecified atom stereocenters. The van der Waals surface area contributed by atoms with Crippen molar-refractivity contribution in [1.29, 1.82) is 0 Å². The fourth-order valence-electron chi connectivity index (χ4n) is 2.59. The van der Waals surface area contributed by atoms with E-state index in [1.807, 2.05) is 18.2 Å². The quantitative estimate of drug-likeness (QED) is 0.923. The normalized spacial score (nSPS) is 20.9. The number of ether oxygens (including phenoxy) is 4. The van der Waals surface area contributed by atoms with Crippen LogP contribution in [0.2, 0.25) is 0 Å². The second-order valence-electron chi connectivity index (χ2n) is 5.37. The molecule has 1 amide bonds. The average Bonchev–Trinajstić information content (AvgIpc) is 3.01. The molecule has 0 aromatic heterocycles. The van der Waals surface area contributed by atoms with E-state index in [2.05, 4.69) is 5.32 Å². The number of carbonyl (C=O) groups is 1. The van der Waals surface area contributed by atoms with Crippen LogP contribution in [0.4, 0.5) is 5.69 Å². The molecule has 0 fully saturated rings. The monoisotopic (exact) mass is 313 g/mol. The fraction of sp³-hybridized carbons (Fsp3) is 0.235. The van der Waals surface area contributed by atoms with Crippen molar-refractivity contribution in [2.24, 2.45) is 0 Å². The Morgan fingerprint density at radius 2 is 1.74 bits per heavy atom. The second kappa shape index (κ2) is 5.39. The smallest absolute Gasteiger partial charge is 0.269 e. The van der Waals surface area contributed by atoms with E-state index in [1.165, 1.54) is 0 Å². The first kappa shape index (κ1) is 13.8. The van der Waals surface area contributed by atoms with Gasteiger partial charge < -0.3 is 24.3 Å². The Labute approximate surface area is 132 Å². The zero-order valence-electron chi connectivity index (χ0n) is 12.4. The van der Waals surface area contributed by atoms with E-state index >= 15 is 0 Å². The first-order valence-corrected chi connectivity index (χ1v) is 7.33. The maximum absolute atomic E-state index is 12.5. The van der Waals surface area contributed by atoms with Gasteiger partial charge in [-0.15, -0.1) is 0 Å². The number of rotatable bonds is 2. The van der Waals surface area contributed by atoms with Crippen LogP contribution < -0.4 is 24.3 Å². The average molecular weight is 313 g/mol. The largest absolute Gasteiger partial charge is 0.482 e. The fourth-order valence-corrected chi connectivity index (χ4v) is 2.59. The van der Waals surface area contributed by atoms with Gasteiger partial charge in [0.1, 0.15) is 6.10 Å². The lowest BCUT2D eigenvalue weighted by atomic mass is 10.1. The maximum atomic E-state index is 12.5. The Morgan fingerprint density at radius 3 is 2.57 bits per heavy atom. The van der Waals surface area contributed by atoms with Crippen LogP contribution in [0.1, 0.15) is 6.92 Å². The van der Waals surface area contributed by atoms with Gasteiger partial charge in [0, 0.05) is 11.8 Å². The van der Waals surface area contributed by atoms with E-state index in [0.29, 0.717) is 28.7 Å². The molecule has 0 aliphatic carbocycles. The van der Waals surface area contributed by atoms with Crippen LogP contribution in [0, 0.1) is 0 Å². The first-order chi connectivity index (χ1) is 11.2. The molecule has 2 aromatic rings. The SMILES string of the molecule is C[C@H]1Oc2ccccc2O[C@H]1C(=O)Nc1ccc2c(c1)OCO2. The number of hydrogen-bond acceptors (Lipinski definition) is 5. The molecule has 0 bridgehead atoms. The summed E-state index contributed by atoms with van der Waals surface area (Å²) < 4.78 is 22.1. The highest BCUT2D eigenvalue weighted by Crippen LogP contribution is 2.35. The van der Waals surface area contributed by atoms with Crippen LogP contribution in [0.3, 0.4) is 0 Å². The van der Waals surface area contributed by atoms with E-state index in [0.717, 1.165) is 0 Å². The lowest BCUT2D eigenvalue weighted by Crippen LogP contribution is -2.46. The molecular formula is C17H15NO5. The Morgan fingerprint density at radius 1 is 1.00 bits per heavy atom. The molecule has 0 saturated carbocycles. The van der Waals surface area contributed by atoms with Crippen molar-refractivity contribution >= 4 is 11.6 Å². The van der Waals surface area contributed by atoms with Crippen LogP contribution in [0.25, 0.3) is 0 Å². The van der Waals surface area contributed by atoms with Gasteiger partial charge in [-0.3, -0.25) is 4.79 Å². The summed E-state index contributed by atoms with van der Waals surface area (Å²) in [6, 6.07) is 12.5. The van der Waals surface area contributed by atoms with Crippen LogP contribution >= 0.6 is 0 Å². The zero-order valence-corrected chi connectivity index (χ0v) is 12.4. The summed E-state index contributed by atoms with van der Waals surface area (Å²) in [4.78, 5) is 12.5. The van der Waals surface area contributed by atoms with E-state index in [1.54, 1.807) is 31.2 Å². The Hall–Kier alpha value is -2.89. The van der Waals surface area contributed by atoms with Crippen molar-refractivity contribution in [3.8, 4) is 23.0 Å². The Balaban J connectivity index is 1.51.